The molecule has 0 aliphatic carbocycles. The summed E-state index contributed by atoms with van der Waals surface area (Å²) in [5, 5.41) is 6.23. The van der Waals surface area contributed by atoms with Gasteiger partial charge < -0.3 is 20.4 Å². The summed E-state index contributed by atoms with van der Waals surface area (Å²) in [5.41, 5.74) is 0. The van der Waals surface area contributed by atoms with E-state index in [0.29, 0.717) is 25.3 Å². The maximum atomic E-state index is 12.0. The van der Waals surface area contributed by atoms with Crippen LogP contribution in [-0.4, -0.2) is 74.5 Å². The maximum Gasteiger partial charge on any atom is 0.224 e. The Morgan fingerprint density at radius 3 is 2.45 bits per heavy atom. The van der Waals surface area contributed by atoms with Crippen LogP contribution >= 0.6 is 0 Å². The fraction of sp³-hybridized carbons (Fsp3) is 0.875. The van der Waals surface area contributed by atoms with Gasteiger partial charge in [0.15, 0.2) is 0 Å². The van der Waals surface area contributed by atoms with Crippen molar-refractivity contribution >= 4 is 11.8 Å². The molecule has 0 radical (unpaired) electrons. The van der Waals surface area contributed by atoms with Crippen molar-refractivity contribution in [3.63, 3.8) is 0 Å². The van der Waals surface area contributed by atoms with Gasteiger partial charge in [0.05, 0.1) is 0 Å². The van der Waals surface area contributed by atoms with Crippen LogP contribution in [0.1, 0.15) is 32.1 Å². The quantitative estimate of drug-likeness (QED) is 0.727. The molecule has 22 heavy (non-hydrogen) atoms. The summed E-state index contributed by atoms with van der Waals surface area (Å²) < 4.78 is 0. The second kappa shape index (κ2) is 9.10. The highest BCUT2D eigenvalue weighted by molar-refractivity contribution is 5.79. The summed E-state index contributed by atoms with van der Waals surface area (Å²) in [6.07, 6.45) is 4.33. The van der Waals surface area contributed by atoms with E-state index in [1.54, 1.807) is 0 Å². The lowest BCUT2D eigenvalue weighted by Gasteiger charge is -2.32. The van der Waals surface area contributed by atoms with Crippen molar-refractivity contribution in [3.8, 4) is 0 Å². The molecule has 2 rings (SSSR count). The third kappa shape index (κ3) is 5.93. The van der Waals surface area contributed by atoms with Crippen LogP contribution in [0, 0.1) is 5.92 Å². The molecule has 2 fully saturated rings. The molecule has 0 bridgehead atoms. The lowest BCUT2D eigenvalue weighted by atomic mass is 9.93. The molecule has 2 aliphatic rings. The summed E-state index contributed by atoms with van der Waals surface area (Å²) in [6, 6.07) is 0. The Hall–Kier alpha value is -1.14. The Bertz CT molecular complexity index is 361. The minimum atomic E-state index is 0.0877. The zero-order valence-corrected chi connectivity index (χ0v) is 13.8. The first-order valence-corrected chi connectivity index (χ1v) is 8.59. The monoisotopic (exact) mass is 310 g/mol. The van der Waals surface area contributed by atoms with E-state index in [1.807, 2.05) is 4.90 Å². The smallest absolute Gasteiger partial charge is 0.224 e. The Kier molecular flexibility index (Phi) is 7.12. The molecule has 2 heterocycles. The summed E-state index contributed by atoms with van der Waals surface area (Å²) in [6.45, 7) is 6.11. The van der Waals surface area contributed by atoms with Gasteiger partial charge in [0.1, 0.15) is 0 Å². The molecular formula is C16H30N4O2. The number of nitrogens with zero attached hydrogens (tertiary/aromatic N) is 2. The standard InChI is InChI=1S/C16H30N4O2/c1-19-10-12-20(13-11-19)16(22)6-9-18-15(21)3-2-14-4-7-17-8-5-14/h14,17H,2-13H2,1H3,(H,18,21). The fourth-order valence-corrected chi connectivity index (χ4v) is 3.12. The molecule has 0 atom stereocenters. The molecule has 6 heteroatoms. The van der Waals surface area contributed by atoms with E-state index in [2.05, 4.69) is 22.6 Å². The number of carbonyl (C=O) groups is 2. The number of rotatable bonds is 6. The Balaban J connectivity index is 1.53. The second-order valence-electron chi connectivity index (χ2n) is 6.52. The largest absolute Gasteiger partial charge is 0.356 e. The summed E-state index contributed by atoms with van der Waals surface area (Å²) >= 11 is 0. The van der Waals surface area contributed by atoms with Gasteiger partial charge in [-0.15, -0.1) is 0 Å². The van der Waals surface area contributed by atoms with Crippen LogP contribution in [0.15, 0.2) is 0 Å². The minimum absolute atomic E-state index is 0.0877. The molecule has 0 aromatic rings. The van der Waals surface area contributed by atoms with Gasteiger partial charge in [-0.25, -0.2) is 0 Å². The molecular weight excluding hydrogens is 280 g/mol. The van der Waals surface area contributed by atoms with Gasteiger partial charge in [0.2, 0.25) is 11.8 Å². The van der Waals surface area contributed by atoms with Crippen LogP contribution in [0.5, 0.6) is 0 Å². The van der Waals surface area contributed by atoms with Crippen LogP contribution in [0.2, 0.25) is 0 Å². The first-order chi connectivity index (χ1) is 10.6. The zero-order chi connectivity index (χ0) is 15.8. The highest BCUT2D eigenvalue weighted by Crippen LogP contribution is 2.17. The van der Waals surface area contributed by atoms with Gasteiger partial charge in [0.25, 0.3) is 0 Å². The average molecular weight is 310 g/mol. The lowest BCUT2D eigenvalue weighted by molar-refractivity contribution is -0.132. The fourth-order valence-electron chi connectivity index (χ4n) is 3.12. The summed E-state index contributed by atoms with van der Waals surface area (Å²) in [4.78, 5) is 28.0. The SMILES string of the molecule is CN1CCN(C(=O)CCNC(=O)CCC2CCNCC2)CC1. The van der Waals surface area contributed by atoms with E-state index >= 15 is 0 Å². The van der Waals surface area contributed by atoms with Crippen molar-refractivity contribution in [1.29, 1.82) is 0 Å². The number of carbonyl (C=O) groups excluding carboxylic acids is 2. The van der Waals surface area contributed by atoms with Crippen LogP contribution < -0.4 is 10.6 Å². The molecule has 0 aromatic heterocycles. The van der Waals surface area contributed by atoms with Crippen molar-refractivity contribution in [2.75, 3.05) is 52.9 Å². The minimum Gasteiger partial charge on any atom is -0.356 e. The van der Waals surface area contributed by atoms with E-state index in [1.165, 1.54) is 12.8 Å². The third-order valence-corrected chi connectivity index (χ3v) is 4.76. The number of piperazine rings is 1. The van der Waals surface area contributed by atoms with Crippen molar-refractivity contribution < 1.29 is 9.59 Å². The molecule has 0 aromatic carbocycles. The second-order valence-corrected chi connectivity index (χ2v) is 6.52. The molecule has 2 amide bonds. The molecule has 2 aliphatic heterocycles. The van der Waals surface area contributed by atoms with Gasteiger partial charge in [-0.1, -0.05) is 0 Å². The van der Waals surface area contributed by atoms with Crippen LogP contribution in [0.25, 0.3) is 0 Å². The summed E-state index contributed by atoms with van der Waals surface area (Å²) in [5.74, 6) is 0.926. The molecule has 0 unspecified atom stereocenters. The Morgan fingerprint density at radius 1 is 1.09 bits per heavy atom. The van der Waals surface area contributed by atoms with E-state index in [9.17, 15) is 9.59 Å². The molecule has 0 spiro atoms. The highest BCUT2D eigenvalue weighted by Gasteiger charge is 2.19. The first-order valence-electron chi connectivity index (χ1n) is 8.59. The van der Waals surface area contributed by atoms with Crippen molar-refractivity contribution in [1.82, 2.24) is 20.4 Å². The van der Waals surface area contributed by atoms with Crippen molar-refractivity contribution in [2.24, 2.45) is 5.92 Å². The first kappa shape index (κ1) is 17.2. The molecule has 0 saturated carbocycles. The van der Waals surface area contributed by atoms with E-state index in [0.717, 1.165) is 45.7 Å². The number of piperidine rings is 1. The highest BCUT2D eigenvalue weighted by atomic mass is 16.2. The van der Waals surface area contributed by atoms with Gasteiger partial charge in [-0.05, 0) is 45.3 Å². The maximum absolute atomic E-state index is 12.0. The van der Waals surface area contributed by atoms with E-state index < -0.39 is 0 Å². The predicted octanol–water partition coefficient (Wildman–Crippen LogP) is 0.0465. The number of nitrogens with one attached hydrogen (secondary N) is 2. The normalized spacial score (nSPS) is 20.9. The van der Waals surface area contributed by atoms with Gasteiger partial charge in [-0.3, -0.25) is 9.59 Å². The zero-order valence-electron chi connectivity index (χ0n) is 13.8. The lowest BCUT2D eigenvalue weighted by Crippen LogP contribution is -2.47. The van der Waals surface area contributed by atoms with Crippen LogP contribution in [0.4, 0.5) is 0 Å². The topological polar surface area (TPSA) is 64.7 Å². The van der Waals surface area contributed by atoms with Gasteiger partial charge in [0, 0.05) is 45.6 Å². The molecule has 126 valence electrons. The number of likely N-dealkylation sites (N-methyl/N-ethyl adjacent to an activating group) is 1. The molecule has 2 N–H and O–H groups in total. The van der Waals surface area contributed by atoms with Crippen molar-refractivity contribution in [3.05, 3.63) is 0 Å². The Labute approximate surface area is 133 Å². The predicted molar refractivity (Wildman–Crippen MR) is 86.5 cm³/mol. The third-order valence-electron chi connectivity index (χ3n) is 4.76. The van der Waals surface area contributed by atoms with E-state index in [4.69, 9.17) is 0 Å². The van der Waals surface area contributed by atoms with E-state index in [-0.39, 0.29) is 11.8 Å². The number of amides is 2. The Morgan fingerprint density at radius 2 is 1.77 bits per heavy atom. The summed E-state index contributed by atoms with van der Waals surface area (Å²) in [7, 11) is 2.07. The van der Waals surface area contributed by atoms with Gasteiger partial charge in [-0.2, -0.15) is 0 Å². The van der Waals surface area contributed by atoms with Crippen LogP contribution in [0.3, 0.4) is 0 Å². The number of hydrogen-bond acceptors (Lipinski definition) is 4. The number of hydrogen-bond donors (Lipinski definition) is 2. The average Bonchev–Trinajstić information content (AvgIpc) is 2.54. The van der Waals surface area contributed by atoms with Gasteiger partial charge >= 0.3 is 0 Å². The molecule has 2 saturated heterocycles. The van der Waals surface area contributed by atoms with Crippen LogP contribution in [-0.2, 0) is 9.59 Å². The molecule has 6 nitrogen and oxygen atoms in total. The van der Waals surface area contributed by atoms with Crippen molar-refractivity contribution in [2.45, 2.75) is 32.1 Å².